The first kappa shape index (κ1) is 24.4. The minimum Gasteiger partial charge on any atom is -0.507 e. The van der Waals surface area contributed by atoms with Gasteiger partial charge >= 0.3 is 0 Å². The number of ketones is 1. The number of likely N-dealkylation sites (tertiary alicyclic amines) is 1. The lowest BCUT2D eigenvalue weighted by atomic mass is 9.94. The van der Waals surface area contributed by atoms with Crippen molar-refractivity contribution in [3.8, 4) is 17.2 Å². The zero-order chi connectivity index (χ0) is 26.1. The van der Waals surface area contributed by atoms with E-state index in [1.807, 2.05) is 17.7 Å². The van der Waals surface area contributed by atoms with Gasteiger partial charge in [-0.1, -0.05) is 6.07 Å². The maximum atomic E-state index is 13.3. The zero-order valence-corrected chi connectivity index (χ0v) is 20.8. The van der Waals surface area contributed by atoms with Crippen molar-refractivity contribution in [1.82, 2.24) is 14.5 Å². The van der Waals surface area contributed by atoms with Gasteiger partial charge in [0.05, 0.1) is 24.5 Å². The Balaban J connectivity index is 1.56. The van der Waals surface area contributed by atoms with Crippen molar-refractivity contribution in [2.45, 2.75) is 45.4 Å². The molecule has 2 aliphatic rings. The first-order valence-electron chi connectivity index (χ1n) is 12.4. The Bertz CT molecular complexity index is 1360. The Morgan fingerprint density at radius 3 is 2.78 bits per heavy atom. The number of carbonyl (C=O) groups is 2. The fraction of sp³-hybridized carbons (Fsp3) is 0.321. The van der Waals surface area contributed by atoms with Gasteiger partial charge in [0.25, 0.3) is 11.7 Å². The van der Waals surface area contributed by atoms with E-state index in [4.69, 9.17) is 9.47 Å². The third-order valence-electron chi connectivity index (χ3n) is 6.68. The Hall–Kier alpha value is -4.27. The molecule has 1 amide bonds. The van der Waals surface area contributed by atoms with Crippen LogP contribution in [0, 0.1) is 0 Å². The topological polar surface area (TPSA) is 114 Å². The number of hydrogen-bond donors (Lipinski definition) is 2. The Labute approximate surface area is 214 Å². The first-order valence-corrected chi connectivity index (χ1v) is 12.4. The van der Waals surface area contributed by atoms with E-state index in [9.17, 15) is 19.8 Å². The third kappa shape index (κ3) is 4.64. The van der Waals surface area contributed by atoms with E-state index in [1.165, 1.54) is 11.0 Å². The number of benzene rings is 2. The molecule has 192 valence electrons. The molecule has 3 aromatic rings. The molecule has 2 aliphatic heterocycles. The van der Waals surface area contributed by atoms with E-state index < -0.39 is 17.7 Å². The van der Waals surface area contributed by atoms with Crippen molar-refractivity contribution in [3.05, 3.63) is 77.4 Å². The molecule has 5 rings (SSSR count). The number of nitrogens with zero attached hydrogens (tertiary/aromatic N) is 3. The molecule has 1 saturated heterocycles. The molecule has 0 unspecified atom stereocenters. The van der Waals surface area contributed by atoms with Crippen LogP contribution >= 0.6 is 0 Å². The van der Waals surface area contributed by atoms with Gasteiger partial charge in [0.15, 0.2) is 11.5 Å². The summed E-state index contributed by atoms with van der Waals surface area (Å²) in [5, 5.41) is 21.6. The van der Waals surface area contributed by atoms with E-state index in [0.29, 0.717) is 37.1 Å². The van der Waals surface area contributed by atoms with Crippen LogP contribution < -0.4 is 9.47 Å². The summed E-state index contributed by atoms with van der Waals surface area (Å²) in [6.07, 6.45) is 6.50. The molecule has 0 spiro atoms. The van der Waals surface area contributed by atoms with Crippen LogP contribution in [-0.4, -0.2) is 55.6 Å². The number of ether oxygens (including phenoxy) is 2. The quantitative estimate of drug-likeness (QED) is 0.273. The molecule has 2 aromatic carbocycles. The van der Waals surface area contributed by atoms with Crippen LogP contribution in [0.15, 0.2) is 60.7 Å². The van der Waals surface area contributed by atoms with Crippen molar-refractivity contribution in [1.29, 1.82) is 0 Å². The number of aliphatic hydroxyl groups excluding tert-OH is 1. The first-order chi connectivity index (χ1) is 17.9. The number of aliphatic hydroxyl groups is 1. The highest BCUT2D eigenvalue weighted by Crippen LogP contribution is 2.42. The van der Waals surface area contributed by atoms with Gasteiger partial charge in [0.1, 0.15) is 17.6 Å². The predicted octanol–water partition coefficient (Wildman–Crippen LogP) is 3.82. The number of fused-ring (bicyclic) bond motifs is 1. The summed E-state index contributed by atoms with van der Waals surface area (Å²) >= 11 is 0. The number of aryl methyl sites for hydroxylation is 1. The second-order valence-electron chi connectivity index (χ2n) is 9.26. The van der Waals surface area contributed by atoms with Crippen LogP contribution in [0.25, 0.3) is 5.76 Å². The molecule has 0 aliphatic carbocycles. The number of phenols is 1. The number of rotatable bonds is 8. The second-order valence-corrected chi connectivity index (χ2v) is 9.26. The Kier molecular flexibility index (Phi) is 6.60. The standard InChI is InChI=1S/C28H29N3O6/c1-3-36-23-15-18(5-7-21(23)32)25-24(26(33)19-6-8-22-20(14-19)13-17(2)37-22)27(34)28(35)31(25)11-4-10-30-12-9-29-16-30/h5-9,12,14-17,25,32-33H,3-4,10-11,13H2,1-2H3/b26-24+/t17-,25+/m1/s1. The maximum absolute atomic E-state index is 13.3. The molecule has 0 saturated carbocycles. The van der Waals surface area contributed by atoms with Gasteiger partial charge < -0.3 is 29.2 Å². The normalized spacial score (nSPS) is 20.2. The number of carbonyl (C=O) groups excluding carboxylic acids is 2. The van der Waals surface area contributed by atoms with Gasteiger partial charge in [-0.05, 0) is 61.7 Å². The highest BCUT2D eigenvalue weighted by molar-refractivity contribution is 6.46. The molecular formula is C28H29N3O6. The highest BCUT2D eigenvalue weighted by Gasteiger charge is 2.46. The largest absolute Gasteiger partial charge is 0.507 e. The van der Waals surface area contributed by atoms with Gasteiger partial charge in [-0.25, -0.2) is 4.98 Å². The van der Waals surface area contributed by atoms with Crippen molar-refractivity contribution in [2.75, 3.05) is 13.2 Å². The molecule has 37 heavy (non-hydrogen) atoms. The molecule has 3 heterocycles. The van der Waals surface area contributed by atoms with E-state index in [1.54, 1.807) is 49.8 Å². The molecule has 9 heteroatoms. The number of phenolic OH excluding ortho intramolecular Hbond substituents is 1. The Morgan fingerprint density at radius 2 is 2.03 bits per heavy atom. The average molecular weight is 504 g/mol. The van der Waals surface area contributed by atoms with Gasteiger partial charge in [-0.3, -0.25) is 9.59 Å². The number of Topliss-reactive ketones (excluding diaryl/α,β-unsaturated/α-hetero) is 1. The number of imidazole rings is 1. The van der Waals surface area contributed by atoms with Gasteiger partial charge in [0.2, 0.25) is 0 Å². The summed E-state index contributed by atoms with van der Waals surface area (Å²) in [4.78, 5) is 32.1. The van der Waals surface area contributed by atoms with E-state index in [-0.39, 0.29) is 35.5 Å². The fourth-order valence-corrected chi connectivity index (χ4v) is 5.00. The summed E-state index contributed by atoms with van der Waals surface area (Å²) in [5.74, 6) is -0.722. The van der Waals surface area contributed by atoms with Crippen molar-refractivity contribution < 1.29 is 29.3 Å². The van der Waals surface area contributed by atoms with Crippen LogP contribution in [0.5, 0.6) is 17.2 Å². The average Bonchev–Trinajstić information content (AvgIpc) is 3.59. The van der Waals surface area contributed by atoms with Crippen LogP contribution in [0.3, 0.4) is 0 Å². The lowest BCUT2D eigenvalue weighted by molar-refractivity contribution is -0.139. The van der Waals surface area contributed by atoms with E-state index in [0.717, 1.165) is 11.3 Å². The number of aromatic hydroxyl groups is 1. The summed E-state index contributed by atoms with van der Waals surface area (Å²) < 4.78 is 13.2. The lowest BCUT2D eigenvalue weighted by Crippen LogP contribution is -2.31. The van der Waals surface area contributed by atoms with Gasteiger partial charge in [-0.15, -0.1) is 0 Å². The Morgan fingerprint density at radius 1 is 1.19 bits per heavy atom. The van der Waals surface area contributed by atoms with E-state index in [2.05, 4.69) is 4.98 Å². The molecule has 9 nitrogen and oxygen atoms in total. The summed E-state index contributed by atoms with van der Waals surface area (Å²) in [5.41, 5.74) is 1.95. The molecule has 0 bridgehead atoms. The summed E-state index contributed by atoms with van der Waals surface area (Å²) in [7, 11) is 0. The minimum absolute atomic E-state index is 0.00711. The summed E-state index contributed by atoms with van der Waals surface area (Å²) in [6.45, 7) is 4.99. The molecule has 2 N–H and O–H groups in total. The molecule has 1 fully saturated rings. The summed E-state index contributed by atoms with van der Waals surface area (Å²) in [6, 6.07) is 9.16. The minimum atomic E-state index is -0.842. The van der Waals surface area contributed by atoms with Gasteiger partial charge in [-0.2, -0.15) is 0 Å². The van der Waals surface area contributed by atoms with E-state index >= 15 is 0 Å². The lowest BCUT2D eigenvalue weighted by Gasteiger charge is -2.26. The number of amides is 1. The van der Waals surface area contributed by atoms with Crippen molar-refractivity contribution in [3.63, 3.8) is 0 Å². The van der Waals surface area contributed by atoms with Crippen molar-refractivity contribution >= 4 is 17.4 Å². The molecule has 0 radical (unpaired) electrons. The fourth-order valence-electron chi connectivity index (χ4n) is 5.00. The zero-order valence-electron chi connectivity index (χ0n) is 20.8. The van der Waals surface area contributed by atoms with Crippen LogP contribution in [0.4, 0.5) is 0 Å². The van der Waals surface area contributed by atoms with Crippen LogP contribution in [0.2, 0.25) is 0 Å². The predicted molar refractivity (Wildman–Crippen MR) is 135 cm³/mol. The third-order valence-corrected chi connectivity index (χ3v) is 6.68. The van der Waals surface area contributed by atoms with Crippen molar-refractivity contribution in [2.24, 2.45) is 0 Å². The maximum Gasteiger partial charge on any atom is 0.295 e. The monoisotopic (exact) mass is 503 g/mol. The highest BCUT2D eigenvalue weighted by atomic mass is 16.5. The number of aromatic nitrogens is 2. The smallest absolute Gasteiger partial charge is 0.295 e. The second kappa shape index (κ2) is 10.0. The number of hydrogen-bond acceptors (Lipinski definition) is 7. The van der Waals surface area contributed by atoms with Gasteiger partial charge in [0, 0.05) is 37.5 Å². The molecule has 2 atom stereocenters. The molecule has 1 aromatic heterocycles. The molecular weight excluding hydrogens is 474 g/mol. The van der Waals surface area contributed by atoms with Crippen LogP contribution in [0.1, 0.15) is 43.0 Å². The van der Waals surface area contributed by atoms with Crippen LogP contribution in [-0.2, 0) is 22.6 Å². The SMILES string of the molecule is CCOc1cc([C@H]2/C(=C(\O)c3ccc4c(c3)C[C@@H](C)O4)C(=O)C(=O)N2CCCn2ccnc2)ccc1O.